The molecule has 0 aliphatic rings. The Labute approximate surface area is 124 Å². The second-order valence-corrected chi connectivity index (χ2v) is 4.82. The smallest absolute Gasteiger partial charge is 0.219 e. The van der Waals surface area contributed by atoms with Gasteiger partial charge >= 0.3 is 0 Å². The fraction of sp³-hybridized carbons (Fsp3) is 0.312. The second-order valence-electron chi connectivity index (χ2n) is 4.55. The van der Waals surface area contributed by atoms with E-state index in [0.29, 0.717) is 23.3 Å². The van der Waals surface area contributed by atoms with Crippen LogP contribution in [0.2, 0.25) is 0 Å². The van der Waals surface area contributed by atoms with Gasteiger partial charge in [-0.15, -0.1) is 11.6 Å². The summed E-state index contributed by atoms with van der Waals surface area (Å²) in [5.41, 5.74) is 3.08. The molecule has 20 heavy (non-hydrogen) atoms. The van der Waals surface area contributed by atoms with Crippen LogP contribution in [0.25, 0.3) is 0 Å². The largest absolute Gasteiger partial charge is 0.493 e. The molecule has 0 radical (unpaired) electrons. The number of halogens is 1. The van der Waals surface area contributed by atoms with Gasteiger partial charge in [-0.1, -0.05) is 13.0 Å². The zero-order valence-electron chi connectivity index (χ0n) is 11.9. The fourth-order valence-electron chi connectivity index (χ4n) is 1.90. The molecule has 0 unspecified atom stereocenters. The number of rotatable bonds is 5. The van der Waals surface area contributed by atoms with Crippen molar-refractivity contribution in [3.8, 4) is 17.4 Å². The van der Waals surface area contributed by atoms with E-state index in [-0.39, 0.29) is 0 Å². The number of aryl methyl sites for hydroxylation is 2. The molecule has 0 fully saturated rings. The van der Waals surface area contributed by atoms with Crippen LogP contribution in [0.4, 0.5) is 0 Å². The molecule has 0 atom stereocenters. The van der Waals surface area contributed by atoms with Crippen LogP contribution in [-0.4, -0.2) is 12.1 Å². The van der Waals surface area contributed by atoms with Crippen molar-refractivity contribution in [1.82, 2.24) is 4.98 Å². The number of aromatic nitrogens is 1. The van der Waals surface area contributed by atoms with Crippen LogP contribution in [0.5, 0.6) is 17.4 Å². The number of methoxy groups -OCH3 is 1. The van der Waals surface area contributed by atoms with Gasteiger partial charge < -0.3 is 9.47 Å². The van der Waals surface area contributed by atoms with E-state index in [9.17, 15) is 0 Å². The van der Waals surface area contributed by atoms with E-state index >= 15 is 0 Å². The number of ether oxygens (including phenoxy) is 2. The Kier molecular flexibility index (Phi) is 4.85. The number of nitrogens with zero attached hydrogens (tertiary/aromatic N) is 1. The number of hydrogen-bond acceptors (Lipinski definition) is 3. The lowest BCUT2D eigenvalue weighted by Crippen LogP contribution is -1.96. The summed E-state index contributed by atoms with van der Waals surface area (Å²) in [6, 6.07) is 9.64. The van der Waals surface area contributed by atoms with Crippen LogP contribution in [0, 0.1) is 6.92 Å². The highest BCUT2D eigenvalue weighted by Gasteiger charge is 2.08. The first-order chi connectivity index (χ1) is 9.66. The van der Waals surface area contributed by atoms with E-state index in [0.717, 1.165) is 23.2 Å². The van der Waals surface area contributed by atoms with E-state index in [1.807, 2.05) is 37.3 Å². The summed E-state index contributed by atoms with van der Waals surface area (Å²) in [5.74, 6) is 2.33. The second kappa shape index (κ2) is 6.62. The molecule has 0 amide bonds. The quantitative estimate of drug-likeness (QED) is 0.761. The summed E-state index contributed by atoms with van der Waals surface area (Å²) in [4.78, 5) is 4.46. The lowest BCUT2D eigenvalue weighted by molar-refractivity contribution is 0.373. The number of hydrogen-bond donors (Lipinski definition) is 0. The van der Waals surface area contributed by atoms with Crippen LogP contribution < -0.4 is 9.47 Å². The Bertz CT molecular complexity index is 577. The number of pyridine rings is 1. The van der Waals surface area contributed by atoms with E-state index in [2.05, 4.69) is 11.9 Å². The molecule has 1 aromatic carbocycles. The summed E-state index contributed by atoms with van der Waals surface area (Å²) >= 11 is 5.90. The predicted molar refractivity (Wildman–Crippen MR) is 81.0 cm³/mol. The minimum atomic E-state index is 0.441. The Hall–Kier alpha value is -1.74. The molecule has 0 N–H and O–H groups in total. The van der Waals surface area contributed by atoms with Gasteiger partial charge in [-0.2, -0.15) is 0 Å². The van der Waals surface area contributed by atoms with Crippen molar-refractivity contribution in [2.24, 2.45) is 0 Å². The first-order valence-electron chi connectivity index (χ1n) is 6.54. The number of benzene rings is 1. The van der Waals surface area contributed by atoms with Gasteiger partial charge in [0, 0.05) is 17.6 Å². The van der Waals surface area contributed by atoms with Gasteiger partial charge in [0.25, 0.3) is 0 Å². The molecule has 3 nitrogen and oxygen atoms in total. The first kappa shape index (κ1) is 14.7. The van der Waals surface area contributed by atoms with Crippen LogP contribution in [0.3, 0.4) is 0 Å². The van der Waals surface area contributed by atoms with Crippen molar-refractivity contribution in [2.45, 2.75) is 26.1 Å². The summed E-state index contributed by atoms with van der Waals surface area (Å²) in [7, 11) is 1.63. The molecule has 1 heterocycles. The third kappa shape index (κ3) is 3.42. The first-order valence-corrected chi connectivity index (χ1v) is 7.08. The van der Waals surface area contributed by atoms with Crippen molar-refractivity contribution >= 4 is 11.6 Å². The molecule has 1 aromatic heterocycles. The van der Waals surface area contributed by atoms with Crippen molar-refractivity contribution in [3.05, 3.63) is 47.2 Å². The predicted octanol–water partition coefficient (Wildman–Crippen LogP) is 4.49. The highest BCUT2D eigenvalue weighted by Crippen LogP contribution is 2.32. The maximum absolute atomic E-state index is 5.90. The molecule has 0 saturated heterocycles. The Balaban J connectivity index is 2.34. The Morgan fingerprint density at radius 3 is 2.60 bits per heavy atom. The maximum Gasteiger partial charge on any atom is 0.219 e. The molecular weight excluding hydrogens is 274 g/mol. The standard InChI is InChI=1S/C16H18ClNO2/c1-4-13-8-12(10-17)9-16(18-13)20-14-6-5-11(2)7-15(14)19-3/h5-9H,4,10H2,1-3H3. The molecule has 4 heteroatoms. The van der Waals surface area contributed by atoms with Crippen LogP contribution >= 0.6 is 11.6 Å². The molecule has 0 saturated carbocycles. The molecule has 2 aromatic rings. The highest BCUT2D eigenvalue weighted by atomic mass is 35.5. The van der Waals surface area contributed by atoms with Gasteiger partial charge in [-0.3, -0.25) is 0 Å². The van der Waals surface area contributed by atoms with Crippen molar-refractivity contribution in [3.63, 3.8) is 0 Å². The monoisotopic (exact) mass is 291 g/mol. The summed E-state index contributed by atoms with van der Waals surface area (Å²) in [6.45, 7) is 4.06. The van der Waals surface area contributed by atoms with Crippen molar-refractivity contribution in [1.29, 1.82) is 0 Å². The minimum Gasteiger partial charge on any atom is -0.493 e. The van der Waals surface area contributed by atoms with E-state index in [1.165, 1.54) is 0 Å². The van der Waals surface area contributed by atoms with Gasteiger partial charge in [0.2, 0.25) is 5.88 Å². The molecule has 2 rings (SSSR count). The van der Waals surface area contributed by atoms with E-state index < -0.39 is 0 Å². The lowest BCUT2D eigenvalue weighted by atomic mass is 10.2. The summed E-state index contributed by atoms with van der Waals surface area (Å²) < 4.78 is 11.2. The van der Waals surface area contributed by atoms with E-state index in [1.54, 1.807) is 7.11 Å². The van der Waals surface area contributed by atoms with Gasteiger partial charge in [-0.25, -0.2) is 4.98 Å². The normalized spacial score (nSPS) is 10.4. The lowest BCUT2D eigenvalue weighted by Gasteiger charge is -2.12. The average molecular weight is 292 g/mol. The van der Waals surface area contributed by atoms with Crippen LogP contribution in [-0.2, 0) is 12.3 Å². The van der Waals surface area contributed by atoms with Crippen LogP contribution in [0.1, 0.15) is 23.7 Å². The van der Waals surface area contributed by atoms with Crippen LogP contribution in [0.15, 0.2) is 30.3 Å². The van der Waals surface area contributed by atoms with Gasteiger partial charge in [0.1, 0.15) is 0 Å². The van der Waals surface area contributed by atoms with Gasteiger partial charge in [0.05, 0.1) is 7.11 Å². The Morgan fingerprint density at radius 1 is 1.15 bits per heavy atom. The van der Waals surface area contributed by atoms with E-state index in [4.69, 9.17) is 21.1 Å². The third-order valence-corrected chi connectivity index (χ3v) is 3.27. The molecule has 0 aliphatic carbocycles. The molecule has 0 spiro atoms. The van der Waals surface area contributed by atoms with Crippen molar-refractivity contribution in [2.75, 3.05) is 7.11 Å². The molecular formula is C16H18ClNO2. The fourth-order valence-corrected chi connectivity index (χ4v) is 2.06. The van der Waals surface area contributed by atoms with Crippen molar-refractivity contribution < 1.29 is 9.47 Å². The minimum absolute atomic E-state index is 0.441. The zero-order valence-corrected chi connectivity index (χ0v) is 12.7. The maximum atomic E-state index is 5.90. The van der Waals surface area contributed by atoms with Gasteiger partial charge in [0.15, 0.2) is 11.5 Å². The molecule has 106 valence electrons. The molecule has 0 aliphatic heterocycles. The molecule has 0 bridgehead atoms. The summed E-state index contributed by atoms with van der Waals surface area (Å²) in [6.07, 6.45) is 0.839. The topological polar surface area (TPSA) is 31.4 Å². The SMILES string of the molecule is CCc1cc(CCl)cc(Oc2ccc(C)cc2OC)n1. The average Bonchev–Trinajstić information content (AvgIpc) is 2.48. The highest BCUT2D eigenvalue weighted by molar-refractivity contribution is 6.17. The summed E-state index contributed by atoms with van der Waals surface area (Å²) in [5, 5.41) is 0. The third-order valence-electron chi connectivity index (χ3n) is 2.96. The zero-order chi connectivity index (χ0) is 14.5. The Morgan fingerprint density at radius 2 is 1.95 bits per heavy atom. The van der Waals surface area contributed by atoms with Gasteiger partial charge in [-0.05, 0) is 42.7 Å². The number of alkyl halides is 1.